The van der Waals surface area contributed by atoms with Crippen molar-refractivity contribution in [3.8, 4) is 17.6 Å². The number of hydrogen-bond acceptors (Lipinski definition) is 3. The molecule has 0 radical (unpaired) electrons. The molecule has 2 aromatic rings. The van der Waals surface area contributed by atoms with E-state index in [4.69, 9.17) is 27.9 Å². The third-order valence-corrected chi connectivity index (χ3v) is 3.05. The molecule has 0 amide bonds. The van der Waals surface area contributed by atoms with Crippen molar-refractivity contribution in [3.63, 3.8) is 0 Å². The Morgan fingerprint density at radius 1 is 1.15 bits per heavy atom. The summed E-state index contributed by atoms with van der Waals surface area (Å²) in [5, 5.41) is 13.2. The second-order valence-electron chi connectivity index (χ2n) is 4.18. The second kappa shape index (κ2) is 6.62. The Hall–Kier alpha value is -1.73. The number of rotatable bonds is 4. The molecule has 0 aliphatic carbocycles. The number of hydrogen-bond donors (Lipinski definition) is 1. The minimum atomic E-state index is 0.467. The Labute approximate surface area is 127 Å². The zero-order chi connectivity index (χ0) is 14.5. The largest absolute Gasteiger partial charge is 0.456 e. The summed E-state index contributed by atoms with van der Waals surface area (Å²) in [7, 11) is 1.85. The number of ether oxygens (including phenoxy) is 1. The summed E-state index contributed by atoms with van der Waals surface area (Å²) < 4.78 is 5.68. The first-order chi connectivity index (χ1) is 9.62. The average molecular weight is 307 g/mol. The standard InChI is InChI=1S/C15H12Cl2N2O/c1-19-9-10-2-3-15(11(4-10)8-18)20-14-6-12(16)5-13(17)7-14/h2-7,19H,9H2,1H3. The highest BCUT2D eigenvalue weighted by Gasteiger charge is 2.07. The van der Waals surface area contributed by atoms with Crippen LogP contribution in [-0.4, -0.2) is 7.05 Å². The fraction of sp³-hybridized carbons (Fsp3) is 0.133. The predicted molar refractivity (Wildman–Crippen MR) is 80.5 cm³/mol. The zero-order valence-corrected chi connectivity index (χ0v) is 12.3. The van der Waals surface area contributed by atoms with Crippen molar-refractivity contribution in [2.24, 2.45) is 0 Å². The third kappa shape index (κ3) is 3.64. The molecule has 3 nitrogen and oxygen atoms in total. The van der Waals surface area contributed by atoms with Crippen LogP contribution in [0.15, 0.2) is 36.4 Å². The van der Waals surface area contributed by atoms with Gasteiger partial charge in [-0.1, -0.05) is 29.3 Å². The van der Waals surface area contributed by atoms with Crippen LogP contribution in [0, 0.1) is 11.3 Å². The van der Waals surface area contributed by atoms with Crippen LogP contribution in [0.3, 0.4) is 0 Å². The summed E-state index contributed by atoms with van der Waals surface area (Å²) in [5.74, 6) is 0.978. The predicted octanol–water partition coefficient (Wildman–Crippen LogP) is 4.38. The van der Waals surface area contributed by atoms with Gasteiger partial charge in [0.15, 0.2) is 0 Å². The first-order valence-corrected chi connectivity index (χ1v) is 6.69. The number of nitrogens with one attached hydrogen (secondary N) is 1. The first-order valence-electron chi connectivity index (χ1n) is 5.94. The summed E-state index contributed by atoms with van der Waals surface area (Å²) in [5.41, 5.74) is 1.48. The van der Waals surface area contributed by atoms with Crippen LogP contribution in [0.2, 0.25) is 10.0 Å². The molecule has 0 spiro atoms. The van der Waals surface area contributed by atoms with Crippen LogP contribution in [0.4, 0.5) is 0 Å². The number of nitrogens with zero attached hydrogens (tertiary/aromatic N) is 1. The average Bonchev–Trinajstić information content (AvgIpc) is 2.39. The van der Waals surface area contributed by atoms with Gasteiger partial charge in [-0.25, -0.2) is 0 Å². The van der Waals surface area contributed by atoms with Crippen molar-refractivity contribution in [1.82, 2.24) is 5.32 Å². The Bertz CT molecular complexity index is 645. The lowest BCUT2D eigenvalue weighted by atomic mass is 10.1. The van der Waals surface area contributed by atoms with Crippen molar-refractivity contribution in [2.75, 3.05) is 7.05 Å². The minimum absolute atomic E-state index is 0.467. The van der Waals surface area contributed by atoms with Gasteiger partial charge in [0.2, 0.25) is 0 Å². The smallest absolute Gasteiger partial charge is 0.145 e. The molecule has 20 heavy (non-hydrogen) atoms. The van der Waals surface area contributed by atoms with E-state index < -0.39 is 0 Å². The van der Waals surface area contributed by atoms with Gasteiger partial charge in [-0.3, -0.25) is 0 Å². The van der Waals surface area contributed by atoms with E-state index in [-0.39, 0.29) is 0 Å². The third-order valence-electron chi connectivity index (χ3n) is 2.61. The maximum atomic E-state index is 9.20. The summed E-state index contributed by atoms with van der Waals surface area (Å²) in [6, 6.07) is 12.5. The fourth-order valence-corrected chi connectivity index (χ4v) is 2.29. The molecule has 2 rings (SSSR count). The lowest BCUT2D eigenvalue weighted by molar-refractivity contribution is 0.481. The van der Waals surface area contributed by atoms with Crippen LogP contribution in [0.1, 0.15) is 11.1 Å². The number of benzene rings is 2. The van der Waals surface area contributed by atoms with E-state index in [0.29, 0.717) is 33.7 Å². The van der Waals surface area contributed by atoms with Crippen LogP contribution < -0.4 is 10.1 Å². The molecule has 0 saturated heterocycles. The summed E-state index contributed by atoms with van der Waals surface area (Å²) in [4.78, 5) is 0. The molecule has 5 heteroatoms. The Morgan fingerprint density at radius 3 is 2.45 bits per heavy atom. The van der Waals surface area contributed by atoms with Gasteiger partial charge in [0.1, 0.15) is 17.6 Å². The molecule has 0 aliphatic heterocycles. The quantitative estimate of drug-likeness (QED) is 0.912. The molecule has 1 N–H and O–H groups in total. The Morgan fingerprint density at radius 2 is 1.85 bits per heavy atom. The van der Waals surface area contributed by atoms with Gasteiger partial charge in [-0.15, -0.1) is 0 Å². The van der Waals surface area contributed by atoms with Gasteiger partial charge in [0.25, 0.3) is 0 Å². The van der Waals surface area contributed by atoms with Gasteiger partial charge in [0.05, 0.1) is 5.56 Å². The van der Waals surface area contributed by atoms with Gasteiger partial charge in [0, 0.05) is 16.6 Å². The maximum Gasteiger partial charge on any atom is 0.145 e. The highest BCUT2D eigenvalue weighted by Crippen LogP contribution is 2.30. The molecule has 0 fully saturated rings. The molecule has 0 heterocycles. The molecule has 102 valence electrons. The number of halogens is 2. The monoisotopic (exact) mass is 306 g/mol. The normalized spacial score (nSPS) is 10.1. The van der Waals surface area contributed by atoms with E-state index >= 15 is 0 Å². The molecular weight excluding hydrogens is 295 g/mol. The fourth-order valence-electron chi connectivity index (χ4n) is 1.78. The van der Waals surface area contributed by atoms with Gasteiger partial charge in [-0.2, -0.15) is 5.26 Å². The van der Waals surface area contributed by atoms with E-state index in [1.165, 1.54) is 0 Å². The van der Waals surface area contributed by atoms with E-state index in [0.717, 1.165) is 5.56 Å². The zero-order valence-electron chi connectivity index (χ0n) is 10.8. The lowest BCUT2D eigenvalue weighted by Crippen LogP contribution is -2.05. The Kier molecular flexibility index (Phi) is 4.86. The number of nitriles is 1. The van der Waals surface area contributed by atoms with Gasteiger partial charge >= 0.3 is 0 Å². The molecular formula is C15H12Cl2N2O. The summed E-state index contributed by atoms with van der Waals surface area (Å²) in [6.07, 6.45) is 0. The van der Waals surface area contributed by atoms with E-state index in [9.17, 15) is 5.26 Å². The van der Waals surface area contributed by atoms with E-state index in [1.54, 1.807) is 30.3 Å². The van der Waals surface area contributed by atoms with Crippen molar-refractivity contribution in [3.05, 3.63) is 57.6 Å². The van der Waals surface area contributed by atoms with Gasteiger partial charge in [-0.05, 0) is 42.9 Å². The van der Waals surface area contributed by atoms with E-state index in [2.05, 4.69) is 11.4 Å². The van der Waals surface area contributed by atoms with Crippen molar-refractivity contribution >= 4 is 23.2 Å². The molecule has 0 atom stereocenters. The minimum Gasteiger partial charge on any atom is -0.456 e. The topological polar surface area (TPSA) is 45.0 Å². The molecule has 0 aliphatic rings. The van der Waals surface area contributed by atoms with Crippen molar-refractivity contribution in [1.29, 1.82) is 5.26 Å². The first kappa shape index (κ1) is 14.7. The summed E-state index contributed by atoms with van der Waals surface area (Å²) >= 11 is 11.8. The highest BCUT2D eigenvalue weighted by molar-refractivity contribution is 6.34. The molecule has 2 aromatic carbocycles. The maximum absolute atomic E-state index is 9.20. The SMILES string of the molecule is CNCc1ccc(Oc2cc(Cl)cc(Cl)c2)c(C#N)c1. The molecule has 0 bridgehead atoms. The highest BCUT2D eigenvalue weighted by atomic mass is 35.5. The molecule has 0 unspecified atom stereocenters. The van der Waals surface area contributed by atoms with Crippen molar-refractivity contribution in [2.45, 2.75) is 6.54 Å². The van der Waals surface area contributed by atoms with E-state index in [1.807, 2.05) is 13.1 Å². The van der Waals surface area contributed by atoms with Crippen molar-refractivity contribution < 1.29 is 4.74 Å². The lowest BCUT2D eigenvalue weighted by Gasteiger charge is -2.09. The van der Waals surface area contributed by atoms with Crippen LogP contribution >= 0.6 is 23.2 Å². The molecule has 0 aromatic heterocycles. The molecule has 0 saturated carbocycles. The second-order valence-corrected chi connectivity index (χ2v) is 5.05. The Balaban J connectivity index is 2.31. The van der Waals surface area contributed by atoms with Crippen LogP contribution in [0.5, 0.6) is 11.5 Å². The summed E-state index contributed by atoms with van der Waals surface area (Å²) in [6.45, 7) is 0.692. The van der Waals surface area contributed by atoms with Gasteiger partial charge < -0.3 is 10.1 Å². The van der Waals surface area contributed by atoms with Crippen LogP contribution in [0.25, 0.3) is 0 Å². The van der Waals surface area contributed by atoms with Crippen LogP contribution in [-0.2, 0) is 6.54 Å².